The Morgan fingerprint density at radius 3 is 2.78 bits per heavy atom. The van der Waals surface area contributed by atoms with Gasteiger partial charge in [-0.05, 0) is 52.8 Å². The summed E-state index contributed by atoms with van der Waals surface area (Å²) in [5, 5.41) is 7.43. The van der Waals surface area contributed by atoms with Crippen molar-refractivity contribution in [2.75, 3.05) is 19.8 Å². The highest BCUT2D eigenvalue weighted by atomic mass is 79.9. The molecule has 0 spiro atoms. The zero-order valence-corrected chi connectivity index (χ0v) is 15.4. The van der Waals surface area contributed by atoms with Crippen LogP contribution in [0.5, 0.6) is 11.5 Å². The zero-order chi connectivity index (χ0) is 17.1. The quantitative estimate of drug-likeness (QED) is 0.289. The van der Waals surface area contributed by atoms with Gasteiger partial charge in [0.2, 0.25) is 0 Å². The lowest BCUT2D eigenvalue weighted by Crippen LogP contribution is -2.31. The summed E-state index contributed by atoms with van der Waals surface area (Å²) in [6, 6.07) is 3.73. The van der Waals surface area contributed by atoms with Gasteiger partial charge in [-0.3, -0.25) is 5.43 Å². The van der Waals surface area contributed by atoms with Gasteiger partial charge in [-0.2, -0.15) is 5.10 Å². The Labute approximate surface area is 150 Å². The third-order valence-electron chi connectivity index (χ3n) is 2.46. The summed E-state index contributed by atoms with van der Waals surface area (Å²) in [6.07, 6.45) is 5.04. The molecule has 124 valence electrons. The second-order valence-corrected chi connectivity index (χ2v) is 5.49. The van der Waals surface area contributed by atoms with Crippen LogP contribution >= 0.6 is 28.1 Å². The maximum absolute atomic E-state index is 5.62. The Balaban J connectivity index is 2.84. The lowest BCUT2D eigenvalue weighted by Gasteiger charge is -2.13. The van der Waals surface area contributed by atoms with Gasteiger partial charge in [0.1, 0.15) is 6.61 Å². The first-order valence-corrected chi connectivity index (χ1v) is 8.20. The summed E-state index contributed by atoms with van der Waals surface area (Å²) >= 11 is 8.53. The van der Waals surface area contributed by atoms with Gasteiger partial charge in [0.25, 0.3) is 0 Å². The van der Waals surface area contributed by atoms with Gasteiger partial charge in [-0.25, -0.2) is 0 Å². The fraction of sp³-hybridized carbons (Fsp3) is 0.250. The molecule has 0 saturated carbocycles. The third-order valence-corrected chi connectivity index (χ3v) is 3.29. The second kappa shape index (κ2) is 10.8. The molecule has 0 amide bonds. The molecule has 1 aromatic carbocycles. The fourth-order valence-electron chi connectivity index (χ4n) is 1.58. The minimum Gasteiger partial charge on any atom is -0.490 e. The lowest BCUT2D eigenvalue weighted by molar-refractivity contribution is 0.295. The summed E-state index contributed by atoms with van der Waals surface area (Å²) in [5.74, 6) is 1.28. The predicted octanol–water partition coefficient (Wildman–Crippen LogP) is 3.40. The monoisotopic (exact) mass is 397 g/mol. The number of hydrazone groups is 1. The molecule has 1 aromatic rings. The van der Waals surface area contributed by atoms with Gasteiger partial charge in [0.05, 0.1) is 17.3 Å². The molecule has 5 nitrogen and oxygen atoms in total. The van der Waals surface area contributed by atoms with Crippen molar-refractivity contribution in [3.05, 3.63) is 47.5 Å². The van der Waals surface area contributed by atoms with Crippen molar-refractivity contribution in [1.82, 2.24) is 10.7 Å². The minimum absolute atomic E-state index is 0.400. The van der Waals surface area contributed by atoms with Crippen LogP contribution in [0.15, 0.2) is 47.0 Å². The van der Waals surface area contributed by atoms with Crippen molar-refractivity contribution in [2.24, 2.45) is 5.10 Å². The summed E-state index contributed by atoms with van der Waals surface area (Å²) < 4.78 is 12.0. The summed E-state index contributed by atoms with van der Waals surface area (Å²) in [6.45, 7) is 10.7. The van der Waals surface area contributed by atoms with Crippen LogP contribution in [-0.2, 0) is 0 Å². The van der Waals surface area contributed by atoms with E-state index in [9.17, 15) is 0 Å². The van der Waals surface area contributed by atoms with Gasteiger partial charge in [-0.15, -0.1) is 6.58 Å². The molecule has 7 heteroatoms. The number of benzene rings is 1. The van der Waals surface area contributed by atoms with Crippen molar-refractivity contribution in [1.29, 1.82) is 0 Å². The molecular formula is C16H20BrN3O2S. The maximum Gasteiger partial charge on any atom is 0.187 e. The van der Waals surface area contributed by atoms with Gasteiger partial charge in [0.15, 0.2) is 16.6 Å². The van der Waals surface area contributed by atoms with E-state index in [4.69, 9.17) is 21.7 Å². The summed E-state index contributed by atoms with van der Waals surface area (Å²) in [4.78, 5) is 0. The number of hydrogen-bond donors (Lipinski definition) is 2. The topological polar surface area (TPSA) is 54.9 Å². The molecule has 0 saturated heterocycles. The Morgan fingerprint density at radius 1 is 1.35 bits per heavy atom. The molecule has 0 aliphatic rings. The molecule has 23 heavy (non-hydrogen) atoms. The average Bonchev–Trinajstić information content (AvgIpc) is 2.52. The normalized spacial score (nSPS) is 10.2. The highest BCUT2D eigenvalue weighted by molar-refractivity contribution is 9.10. The molecule has 0 aromatic heterocycles. The van der Waals surface area contributed by atoms with E-state index in [1.807, 2.05) is 19.1 Å². The van der Waals surface area contributed by atoms with E-state index in [-0.39, 0.29) is 0 Å². The molecule has 0 aliphatic heterocycles. The molecule has 0 aliphatic carbocycles. The van der Waals surface area contributed by atoms with Gasteiger partial charge >= 0.3 is 0 Å². The SMILES string of the molecule is C=CCNC(=S)N/N=C\c1cc(Br)c(OCC=C)c(OCC)c1. The molecule has 0 heterocycles. The maximum atomic E-state index is 5.62. The fourth-order valence-corrected chi connectivity index (χ4v) is 2.29. The molecule has 0 bridgehead atoms. The second-order valence-electron chi connectivity index (χ2n) is 4.23. The zero-order valence-electron chi connectivity index (χ0n) is 13.0. The van der Waals surface area contributed by atoms with Gasteiger partial charge in [-0.1, -0.05) is 18.7 Å². The van der Waals surface area contributed by atoms with Gasteiger partial charge in [0, 0.05) is 6.54 Å². The van der Waals surface area contributed by atoms with E-state index in [1.165, 1.54) is 0 Å². The Bertz CT molecular complexity index is 591. The number of halogens is 1. The van der Waals surface area contributed by atoms with Crippen LogP contribution < -0.4 is 20.2 Å². The van der Waals surface area contributed by atoms with Crippen LogP contribution in [-0.4, -0.2) is 31.1 Å². The smallest absolute Gasteiger partial charge is 0.187 e. The molecule has 0 unspecified atom stereocenters. The van der Waals surface area contributed by atoms with Crippen molar-refractivity contribution in [3.8, 4) is 11.5 Å². The first-order valence-electron chi connectivity index (χ1n) is 7.00. The number of nitrogens with zero attached hydrogens (tertiary/aromatic N) is 1. The highest BCUT2D eigenvalue weighted by Crippen LogP contribution is 2.36. The van der Waals surface area contributed by atoms with Crippen LogP contribution in [0, 0.1) is 0 Å². The van der Waals surface area contributed by atoms with Crippen molar-refractivity contribution in [3.63, 3.8) is 0 Å². The summed E-state index contributed by atoms with van der Waals surface area (Å²) in [7, 11) is 0. The van der Waals surface area contributed by atoms with E-state index in [0.29, 0.717) is 36.4 Å². The molecule has 2 N–H and O–H groups in total. The van der Waals surface area contributed by atoms with Gasteiger partial charge < -0.3 is 14.8 Å². The van der Waals surface area contributed by atoms with Crippen molar-refractivity contribution >= 4 is 39.5 Å². The molecule has 0 radical (unpaired) electrons. The Morgan fingerprint density at radius 2 is 2.13 bits per heavy atom. The van der Waals surface area contributed by atoms with E-state index in [0.717, 1.165) is 10.0 Å². The standard InChI is InChI=1S/C16H20BrN3O2S/c1-4-7-18-16(23)20-19-11-12-9-13(17)15(22-8-5-2)14(10-12)21-6-3/h4-5,9-11H,1-2,6-8H2,3H3,(H2,18,20,23)/b19-11-. The Hall–Kier alpha value is -1.86. The van der Waals surface area contributed by atoms with E-state index in [1.54, 1.807) is 18.4 Å². The number of rotatable bonds is 9. The van der Waals surface area contributed by atoms with Crippen molar-refractivity contribution < 1.29 is 9.47 Å². The summed E-state index contributed by atoms with van der Waals surface area (Å²) in [5.41, 5.74) is 3.57. The third kappa shape index (κ3) is 6.83. The van der Waals surface area contributed by atoms with Crippen LogP contribution in [0.4, 0.5) is 0 Å². The molecule has 0 fully saturated rings. The molecule has 0 atom stereocenters. The van der Waals surface area contributed by atoms with Crippen LogP contribution in [0.25, 0.3) is 0 Å². The van der Waals surface area contributed by atoms with Crippen molar-refractivity contribution in [2.45, 2.75) is 6.92 Å². The average molecular weight is 398 g/mol. The lowest BCUT2D eigenvalue weighted by atomic mass is 10.2. The number of thiocarbonyl (C=S) groups is 1. The van der Waals surface area contributed by atoms with E-state index >= 15 is 0 Å². The molecule has 1 rings (SSSR count). The number of nitrogens with one attached hydrogen (secondary N) is 2. The number of hydrogen-bond acceptors (Lipinski definition) is 4. The largest absolute Gasteiger partial charge is 0.490 e. The van der Waals surface area contributed by atoms with Crippen LogP contribution in [0.2, 0.25) is 0 Å². The molecular weight excluding hydrogens is 378 g/mol. The Kier molecular flexibility index (Phi) is 9.01. The first kappa shape index (κ1) is 19.2. The highest BCUT2D eigenvalue weighted by Gasteiger charge is 2.11. The first-order chi connectivity index (χ1) is 11.1. The van der Waals surface area contributed by atoms with E-state index < -0.39 is 0 Å². The minimum atomic E-state index is 0.400. The van der Waals surface area contributed by atoms with Crippen LogP contribution in [0.3, 0.4) is 0 Å². The number of ether oxygens (including phenoxy) is 2. The predicted molar refractivity (Wildman–Crippen MR) is 103 cm³/mol. The van der Waals surface area contributed by atoms with E-state index in [2.05, 4.69) is 44.9 Å². The van der Waals surface area contributed by atoms with Crippen LogP contribution in [0.1, 0.15) is 12.5 Å².